The van der Waals surface area contributed by atoms with Gasteiger partial charge in [-0.15, -0.1) is 0 Å². The van der Waals surface area contributed by atoms with Crippen molar-refractivity contribution in [2.45, 2.75) is 67.8 Å². The molecule has 0 bridgehead atoms. The van der Waals surface area contributed by atoms with Crippen LogP contribution in [-0.4, -0.2) is 140 Å². The second-order valence-corrected chi connectivity index (χ2v) is 10.6. The van der Waals surface area contributed by atoms with E-state index in [1.54, 1.807) is 6.07 Å². The highest BCUT2D eigenvalue weighted by molar-refractivity contribution is 5.87. The number of benzene rings is 2. The summed E-state index contributed by atoms with van der Waals surface area (Å²) in [7, 11) is 1.34. The van der Waals surface area contributed by atoms with Crippen LogP contribution in [-0.2, 0) is 30.2 Å². The Labute approximate surface area is 262 Å². The lowest BCUT2D eigenvalue weighted by molar-refractivity contribution is -0.301. The van der Waals surface area contributed by atoms with Gasteiger partial charge in [-0.25, -0.2) is 4.79 Å². The number of aliphatic hydroxyl groups excluding tert-OH is 7. The molecular formula is C30H38O16. The van der Waals surface area contributed by atoms with Crippen LogP contribution in [0.15, 0.2) is 42.5 Å². The number of aromatic hydroxyl groups is 2. The summed E-state index contributed by atoms with van der Waals surface area (Å²) < 4.78 is 32.5. The predicted octanol–water partition coefficient (Wildman–Crippen LogP) is -2.09. The zero-order valence-corrected chi connectivity index (χ0v) is 24.6. The van der Waals surface area contributed by atoms with Gasteiger partial charge < -0.3 is 74.4 Å². The molecule has 2 aliphatic heterocycles. The Morgan fingerprint density at radius 2 is 1.48 bits per heavy atom. The maximum absolute atomic E-state index is 12.4. The third-order valence-electron chi connectivity index (χ3n) is 7.46. The predicted molar refractivity (Wildman–Crippen MR) is 153 cm³/mol. The first kappa shape index (κ1) is 35.3. The third kappa shape index (κ3) is 8.42. The van der Waals surface area contributed by atoms with Crippen LogP contribution in [0.3, 0.4) is 0 Å². The number of hydrogen-bond donors (Lipinski definition) is 9. The molecule has 0 amide bonds. The van der Waals surface area contributed by atoms with Crippen LogP contribution in [0.1, 0.15) is 11.1 Å². The summed E-state index contributed by atoms with van der Waals surface area (Å²) in [6, 6.07) is 8.66. The molecule has 2 heterocycles. The minimum absolute atomic E-state index is 0.0141. The highest BCUT2D eigenvalue weighted by atomic mass is 16.7. The van der Waals surface area contributed by atoms with Gasteiger partial charge in [0.1, 0.15) is 55.4 Å². The first-order valence-corrected chi connectivity index (χ1v) is 14.3. The van der Waals surface area contributed by atoms with Gasteiger partial charge in [0.25, 0.3) is 0 Å². The van der Waals surface area contributed by atoms with Crippen LogP contribution in [0.25, 0.3) is 6.08 Å². The second-order valence-electron chi connectivity index (χ2n) is 10.6. The van der Waals surface area contributed by atoms with E-state index in [-0.39, 0.29) is 36.0 Å². The standard InChI is InChI=1S/C30H38O16/c1-41-19-11-14(3-6-18(19)44-30-28(40)25(37)23(35)20(12-31)45-30)4-7-22(34)43-13-21-24(36)26(38)27(39)29(46-21)42-9-8-15-2-5-16(32)17(33)10-15/h2-7,10-11,20-21,23-33,35-40H,8-9,12-13H2,1H3/t20-,21-,23-,24-,25+,26+,27-,28-,29-,30-/m1/s1. The normalized spacial score (nSPS) is 31.5. The van der Waals surface area contributed by atoms with E-state index in [0.29, 0.717) is 11.1 Å². The number of hydrogen-bond acceptors (Lipinski definition) is 16. The second kappa shape index (κ2) is 15.8. The Kier molecular flexibility index (Phi) is 12.2. The van der Waals surface area contributed by atoms with E-state index >= 15 is 0 Å². The van der Waals surface area contributed by atoms with Gasteiger partial charge in [-0.05, 0) is 47.9 Å². The molecule has 2 aliphatic rings. The summed E-state index contributed by atoms with van der Waals surface area (Å²) in [5.41, 5.74) is 1.07. The fourth-order valence-electron chi connectivity index (χ4n) is 4.76. The number of methoxy groups -OCH3 is 1. The highest BCUT2D eigenvalue weighted by Crippen LogP contribution is 2.32. The minimum Gasteiger partial charge on any atom is -0.504 e. The number of phenols is 2. The van der Waals surface area contributed by atoms with E-state index in [2.05, 4.69) is 0 Å². The van der Waals surface area contributed by atoms with Crippen LogP contribution in [0.4, 0.5) is 0 Å². The fourth-order valence-corrected chi connectivity index (χ4v) is 4.76. The summed E-state index contributed by atoms with van der Waals surface area (Å²) in [6.45, 7) is -1.13. The van der Waals surface area contributed by atoms with E-state index < -0.39 is 80.6 Å². The third-order valence-corrected chi connectivity index (χ3v) is 7.46. The number of ether oxygens (including phenoxy) is 6. The number of carbonyl (C=O) groups excluding carboxylic acids is 1. The van der Waals surface area contributed by atoms with Crippen molar-refractivity contribution >= 4 is 12.0 Å². The number of carbonyl (C=O) groups is 1. The van der Waals surface area contributed by atoms with E-state index in [9.17, 15) is 50.8 Å². The summed E-state index contributed by atoms with van der Waals surface area (Å²) >= 11 is 0. The minimum atomic E-state index is -1.66. The average Bonchev–Trinajstić information content (AvgIpc) is 3.05. The summed E-state index contributed by atoms with van der Waals surface area (Å²) in [6.07, 6.45) is -12.1. The van der Waals surface area contributed by atoms with Gasteiger partial charge in [0.2, 0.25) is 6.29 Å². The highest BCUT2D eigenvalue weighted by Gasteiger charge is 2.46. The molecule has 9 N–H and O–H groups in total. The quantitative estimate of drug-likeness (QED) is 0.0675. The van der Waals surface area contributed by atoms with Crippen LogP contribution >= 0.6 is 0 Å². The maximum atomic E-state index is 12.4. The van der Waals surface area contributed by atoms with Gasteiger partial charge in [-0.2, -0.15) is 0 Å². The van der Waals surface area contributed by atoms with Crippen molar-refractivity contribution in [1.29, 1.82) is 0 Å². The van der Waals surface area contributed by atoms with Crippen LogP contribution < -0.4 is 9.47 Å². The van der Waals surface area contributed by atoms with Gasteiger partial charge in [-0.1, -0.05) is 12.1 Å². The van der Waals surface area contributed by atoms with E-state index in [0.717, 1.165) is 6.08 Å². The molecule has 0 radical (unpaired) electrons. The lowest BCUT2D eigenvalue weighted by atomic mass is 9.99. The van der Waals surface area contributed by atoms with Crippen molar-refractivity contribution in [3.05, 3.63) is 53.6 Å². The van der Waals surface area contributed by atoms with Gasteiger partial charge in [0.05, 0.1) is 20.3 Å². The Bertz CT molecular complexity index is 1330. The average molecular weight is 655 g/mol. The Morgan fingerprint density at radius 3 is 2.15 bits per heavy atom. The van der Waals surface area contributed by atoms with Gasteiger partial charge in [0.15, 0.2) is 29.3 Å². The molecule has 0 saturated carbocycles. The van der Waals surface area contributed by atoms with Crippen molar-refractivity contribution in [2.75, 3.05) is 26.9 Å². The van der Waals surface area contributed by atoms with Crippen molar-refractivity contribution in [2.24, 2.45) is 0 Å². The topological polar surface area (TPSA) is 255 Å². The number of phenolic OH excluding ortho intramolecular Hbond substituents is 2. The summed E-state index contributed by atoms with van der Waals surface area (Å²) in [5, 5.41) is 89.5. The van der Waals surface area contributed by atoms with Crippen molar-refractivity contribution in [1.82, 2.24) is 0 Å². The first-order valence-electron chi connectivity index (χ1n) is 14.3. The molecule has 16 heteroatoms. The van der Waals surface area contributed by atoms with Crippen LogP contribution in [0.2, 0.25) is 0 Å². The Morgan fingerprint density at radius 1 is 0.804 bits per heavy atom. The molecule has 0 aromatic heterocycles. The lowest BCUT2D eigenvalue weighted by Gasteiger charge is -2.39. The summed E-state index contributed by atoms with van der Waals surface area (Å²) in [4.78, 5) is 12.4. The van der Waals surface area contributed by atoms with Crippen LogP contribution in [0.5, 0.6) is 23.0 Å². The van der Waals surface area contributed by atoms with E-state index in [1.807, 2.05) is 0 Å². The number of aliphatic hydroxyl groups is 7. The fraction of sp³-hybridized carbons (Fsp3) is 0.500. The van der Waals surface area contributed by atoms with Crippen molar-refractivity contribution < 1.29 is 79.2 Å². The molecule has 4 rings (SSSR count). The number of rotatable bonds is 12. The largest absolute Gasteiger partial charge is 0.504 e. The molecular weight excluding hydrogens is 616 g/mol. The maximum Gasteiger partial charge on any atom is 0.330 e. The smallest absolute Gasteiger partial charge is 0.330 e. The Hall–Kier alpha value is -3.55. The van der Waals surface area contributed by atoms with Crippen molar-refractivity contribution in [3.63, 3.8) is 0 Å². The Balaban J connectivity index is 1.30. The SMILES string of the molecule is COc1cc(C=CC(=O)OC[C@H]2O[C@@H](OCCc3ccc(O)c(O)c3)[C@H](O)[C@@H](O)[C@@H]2O)ccc1O[C@@H]1O[C@H](CO)[C@@H](O)[C@H](O)[C@H]1O. The zero-order chi connectivity index (χ0) is 33.5. The molecule has 2 aromatic rings. The monoisotopic (exact) mass is 654 g/mol. The lowest BCUT2D eigenvalue weighted by Crippen LogP contribution is -2.60. The molecule has 2 aromatic carbocycles. The molecule has 0 aliphatic carbocycles. The van der Waals surface area contributed by atoms with Gasteiger partial charge in [-0.3, -0.25) is 0 Å². The molecule has 46 heavy (non-hydrogen) atoms. The molecule has 10 atom stereocenters. The molecule has 0 unspecified atom stereocenters. The molecule has 16 nitrogen and oxygen atoms in total. The first-order chi connectivity index (χ1) is 21.9. The van der Waals surface area contributed by atoms with Crippen LogP contribution in [0, 0.1) is 0 Å². The summed E-state index contributed by atoms with van der Waals surface area (Å²) in [5.74, 6) is -1.17. The number of esters is 1. The molecule has 2 saturated heterocycles. The van der Waals surface area contributed by atoms with E-state index in [4.69, 9.17) is 28.4 Å². The van der Waals surface area contributed by atoms with Gasteiger partial charge >= 0.3 is 5.97 Å². The molecule has 0 spiro atoms. The van der Waals surface area contributed by atoms with Crippen molar-refractivity contribution in [3.8, 4) is 23.0 Å². The zero-order valence-electron chi connectivity index (χ0n) is 24.6. The molecule has 254 valence electrons. The van der Waals surface area contributed by atoms with E-state index in [1.165, 1.54) is 43.5 Å². The van der Waals surface area contributed by atoms with Gasteiger partial charge in [0, 0.05) is 6.08 Å². The molecule has 2 fully saturated rings.